The maximum absolute atomic E-state index is 12.7. The van der Waals surface area contributed by atoms with Crippen LogP contribution in [0.15, 0.2) is 33.5 Å². The average Bonchev–Trinajstić information content (AvgIpc) is 3.42. The van der Waals surface area contributed by atoms with E-state index in [1.54, 1.807) is 11.3 Å². The Balaban J connectivity index is 1.17. The Labute approximate surface area is 171 Å². The maximum atomic E-state index is 12.7. The number of nitrogens with zero attached hydrogens (tertiary/aromatic N) is 3. The summed E-state index contributed by atoms with van der Waals surface area (Å²) < 4.78 is 5.97. The van der Waals surface area contributed by atoms with Crippen molar-refractivity contribution < 1.29 is 4.42 Å². The number of nitrogens with one attached hydrogen (secondary N) is 1. The van der Waals surface area contributed by atoms with Gasteiger partial charge in [-0.25, -0.2) is 9.97 Å². The van der Waals surface area contributed by atoms with Crippen molar-refractivity contribution in [3.8, 4) is 0 Å². The molecule has 148 valence electrons. The minimum atomic E-state index is 0.0331. The summed E-state index contributed by atoms with van der Waals surface area (Å²) in [5.74, 6) is 1.99. The number of piperidine rings is 1. The number of aromatic amines is 1. The van der Waals surface area contributed by atoms with Crippen LogP contribution in [0.4, 0.5) is 0 Å². The number of hydrogen-bond acceptors (Lipinski definition) is 6. The van der Waals surface area contributed by atoms with Crippen molar-refractivity contribution in [2.45, 2.75) is 44.6 Å². The number of aryl methyl sites for hydroxylation is 2. The molecule has 4 heterocycles. The van der Waals surface area contributed by atoms with Crippen LogP contribution in [0.25, 0.3) is 21.3 Å². The molecule has 0 radical (unpaired) electrons. The van der Waals surface area contributed by atoms with Gasteiger partial charge in [0.25, 0.3) is 5.56 Å². The van der Waals surface area contributed by atoms with Gasteiger partial charge in [-0.2, -0.15) is 0 Å². The molecule has 29 heavy (non-hydrogen) atoms. The molecule has 0 spiro atoms. The van der Waals surface area contributed by atoms with Crippen LogP contribution >= 0.6 is 11.3 Å². The van der Waals surface area contributed by atoms with Crippen molar-refractivity contribution in [3.05, 3.63) is 56.8 Å². The van der Waals surface area contributed by atoms with Gasteiger partial charge in [-0.3, -0.25) is 9.69 Å². The number of thiophene rings is 1. The quantitative estimate of drug-likeness (QED) is 0.557. The summed E-state index contributed by atoms with van der Waals surface area (Å²) in [5.41, 5.74) is 3.07. The van der Waals surface area contributed by atoms with E-state index in [2.05, 4.69) is 14.9 Å². The number of rotatable bonds is 3. The molecule has 4 aromatic rings. The van der Waals surface area contributed by atoms with Crippen LogP contribution in [0.3, 0.4) is 0 Å². The standard InChI is InChI=1S/C22H22N4O2S/c27-20-19-14-4-3-7-17(14)29-22(19)25-18(24-20)12-26-10-8-13(9-11-26)21-23-15-5-1-2-6-16(15)28-21/h1-2,5-6,13H,3-4,7-12H2,(H,24,25,27). The highest BCUT2D eigenvalue weighted by atomic mass is 32.1. The number of likely N-dealkylation sites (tertiary alicyclic amines) is 1. The summed E-state index contributed by atoms with van der Waals surface area (Å²) in [6, 6.07) is 7.94. The summed E-state index contributed by atoms with van der Waals surface area (Å²) in [6.07, 6.45) is 5.28. The van der Waals surface area contributed by atoms with E-state index in [0.717, 1.165) is 78.2 Å². The maximum Gasteiger partial charge on any atom is 0.259 e. The van der Waals surface area contributed by atoms with Gasteiger partial charge in [0.05, 0.1) is 11.9 Å². The van der Waals surface area contributed by atoms with E-state index in [-0.39, 0.29) is 5.56 Å². The third-order valence-corrected chi connectivity index (χ3v) is 7.43. The number of oxazole rings is 1. The lowest BCUT2D eigenvalue weighted by atomic mass is 9.97. The monoisotopic (exact) mass is 406 g/mol. The fourth-order valence-corrected chi connectivity index (χ4v) is 6.02. The van der Waals surface area contributed by atoms with Gasteiger partial charge in [0.1, 0.15) is 16.2 Å². The third kappa shape index (κ3) is 3.00. The number of H-pyrrole nitrogens is 1. The molecule has 0 unspecified atom stereocenters. The first kappa shape index (κ1) is 17.4. The Bertz CT molecular complexity index is 1230. The Morgan fingerprint density at radius 1 is 1.17 bits per heavy atom. The normalized spacial score (nSPS) is 18.1. The molecule has 1 aliphatic carbocycles. The zero-order valence-electron chi connectivity index (χ0n) is 16.1. The van der Waals surface area contributed by atoms with Crippen molar-refractivity contribution in [2.75, 3.05) is 13.1 Å². The molecule has 0 atom stereocenters. The zero-order chi connectivity index (χ0) is 19.4. The lowest BCUT2D eigenvalue weighted by molar-refractivity contribution is 0.190. The van der Waals surface area contributed by atoms with Crippen molar-refractivity contribution in [3.63, 3.8) is 0 Å². The fraction of sp³-hybridized carbons (Fsp3) is 0.409. The molecule has 1 fully saturated rings. The molecule has 0 amide bonds. The summed E-state index contributed by atoms with van der Waals surface area (Å²) >= 11 is 1.71. The Hall–Kier alpha value is -2.51. The van der Waals surface area contributed by atoms with Gasteiger partial charge in [-0.05, 0) is 62.9 Å². The molecule has 7 heteroatoms. The van der Waals surface area contributed by atoms with E-state index in [0.29, 0.717) is 12.5 Å². The van der Waals surface area contributed by atoms with Crippen molar-refractivity contribution >= 4 is 32.7 Å². The molecular formula is C22H22N4O2S. The van der Waals surface area contributed by atoms with Crippen LogP contribution < -0.4 is 5.56 Å². The average molecular weight is 407 g/mol. The van der Waals surface area contributed by atoms with Crippen molar-refractivity contribution in [1.82, 2.24) is 19.9 Å². The second-order valence-electron chi connectivity index (χ2n) is 8.12. The molecule has 0 saturated carbocycles. The highest BCUT2D eigenvalue weighted by molar-refractivity contribution is 7.18. The summed E-state index contributed by atoms with van der Waals surface area (Å²) in [7, 11) is 0. The molecule has 6 rings (SSSR count). The van der Waals surface area contributed by atoms with Crippen molar-refractivity contribution in [2.24, 2.45) is 0 Å². The van der Waals surface area contributed by atoms with E-state index < -0.39 is 0 Å². The first-order chi connectivity index (χ1) is 14.2. The highest BCUT2D eigenvalue weighted by Gasteiger charge is 2.26. The van der Waals surface area contributed by atoms with Crippen LogP contribution in [0, 0.1) is 0 Å². The van der Waals surface area contributed by atoms with E-state index in [9.17, 15) is 4.79 Å². The zero-order valence-corrected chi connectivity index (χ0v) is 16.9. The minimum absolute atomic E-state index is 0.0331. The topological polar surface area (TPSA) is 75.0 Å². The lowest BCUT2D eigenvalue weighted by Gasteiger charge is -2.29. The van der Waals surface area contributed by atoms with Crippen LogP contribution in [-0.2, 0) is 19.4 Å². The molecule has 1 N–H and O–H groups in total. The molecule has 1 aliphatic heterocycles. The third-order valence-electron chi connectivity index (χ3n) is 6.24. The highest BCUT2D eigenvalue weighted by Crippen LogP contribution is 2.35. The van der Waals surface area contributed by atoms with E-state index >= 15 is 0 Å². The first-order valence-corrected chi connectivity index (χ1v) is 11.2. The first-order valence-electron chi connectivity index (χ1n) is 10.4. The van der Waals surface area contributed by atoms with Gasteiger partial charge in [-0.1, -0.05) is 12.1 Å². The molecule has 6 nitrogen and oxygen atoms in total. The molecular weight excluding hydrogens is 384 g/mol. The Morgan fingerprint density at radius 2 is 2.03 bits per heavy atom. The Kier molecular flexibility index (Phi) is 4.06. The number of fused-ring (bicyclic) bond motifs is 4. The van der Waals surface area contributed by atoms with Gasteiger partial charge >= 0.3 is 0 Å². The summed E-state index contributed by atoms with van der Waals surface area (Å²) in [5, 5.41) is 0.834. The molecule has 1 aromatic carbocycles. The van der Waals surface area contributed by atoms with Crippen LogP contribution in [0.1, 0.15) is 47.3 Å². The van der Waals surface area contributed by atoms with E-state index in [4.69, 9.17) is 9.40 Å². The minimum Gasteiger partial charge on any atom is -0.440 e. The molecule has 0 bridgehead atoms. The number of hydrogen-bond donors (Lipinski definition) is 1. The van der Waals surface area contributed by atoms with E-state index in [1.165, 1.54) is 10.4 Å². The number of para-hydroxylation sites is 2. The van der Waals surface area contributed by atoms with Crippen LogP contribution in [0.5, 0.6) is 0 Å². The second-order valence-corrected chi connectivity index (χ2v) is 9.20. The van der Waals surface area contributed by atoms with Gasteiger partial charge < -0.3 is 9.40 Å². The number of aromatic nitrogens is 3. The number of benzene rings is 1. The molecule has 3 aromatic heterocycles. The van der Waals surface area contributed by atoms with Gasteiger partial charge in [0.15, 0.2) is 11.5 Å². The van der Waals surface area contributed by atoms with Gasteiger partial charge in [0.2, 0.25) is 0 Å². The lowest BCUT2D eigenvalue weighted by Crippen LogP contribution is -2.33. The predicted molar refractivity (Wildman–Crippen MR) is 114 cm³/mol. The smallest absolute Gasteiger partial charge is 0.259 e. The van der Waals surface area contributed by atoms with Crippen LogP contribution in [0.2, 0.25) is 0 Å². The predicted octanol–water partition coefficient (Wildman–Crippen LogP) is 3.99. The van der Waals surface area contributed by atoms with Gasteiger partial charge in [-0.15, -0.1) is 11.3 Å². The fourth-order valence-electron chi connectivity index (χ4n) is 4.74. The summed E-state index contributed by atoms with van der Waals surface area (Å²) in [4.78, 5) is 29.8. The van der Waals surface area contributed by atoms with Gasteiger partial charge in [0, 0.05) is 10.8 Å². The molecule has 2 aliphatic rings. The largest absolute Gasteiger partial charge is 0.440 e. The molecule has 1 saturated heterocycles. The SMILES string of the molecule is O=c1[nH]c(CN2CCC(c3nc4ccccc4o3)CC2)nc2sc3c(c12)CCC3. The van der Waals surface area contributed by atoms with Crippen molar-refractivity contribution in [1.29, 1.82) is 0 Å². The van der Waals surface area contributed by atoms with E-state index in [1.807, 2.05) is 24.3 Å². The van der Waals surface area contributed by atoms with Crippen LogP contribution in [-0.4, -0.2) is 32.9 Å². The second kappa shape index (κ2) is 6.78. The summed E-state index contributed by atoms with van der Waals surface area (Å²) in [6.45, 7) is 2.59. The Morgan fingerprint density at radius 3 is 2.90 bits per heavy atom.